The lowest BCUT2D eigenvalue weighted by Crippen LogP contribution is -2.05. The van der Waals surface area contributed by atoms with Gasteiger partial charge in [0.05, 0.1) is 13.2 Å². The minimum Gasteiger partial charge on any atom is -0.466 e. The molecule has 4 heteroatoms. The van der Waals surface area contributed by atoms with Gasteiger partial charge in [0.1, 0.15) is 0 Å². The van der Waals surface area contributed by atoms with Gasteiger partial charge in [0, 0.05) is 12.8 Å². The Balaban J connectivity index is 0. The minimum atomic E-state index is -0.0376. The Labute approximate surface area is 277 Å². The monoisotopic (exact) mass is 625 g/mol. The van der Waals surface area contributed by atoms with Gasteiger partial charge >= 0.3 is 11.9 Å². The molecule has 0 radical (unpaired) electrons. The Morgan fingerprint density at radius 3 is 1.09 bits per heavy atom. The normalized spacial score (nSPS) is 11.1. The van der Waals surface area contributed by atoms with Crippen LogP contribution in [0.3, 0.4) is 0 Å². The summed E-state index contributed by atoms with van der Waals surface area (Å²) >= 11 is 0. The van der Waals surface area contributed by atoms with E-state index in [1.165, 1.54) is 148 Å². The quantitative estimate of drug-likeness (QED) is 0.0552. The molecule has 0 aliphatic heterocycles. The molecule has 0 aliphatic carbocycles. The summed E-state index contributed by atoms with van der Waals surface area (Å²) in [6, 6.07) is 0. The van der Waals surface area contributed by atoms with E-state index in [0.29, 0.717) is 26.1 Å². The van der Waals surface area contributed by atoms with Crippen molar-refractivity contribution in [1.29, 1.82) is 0 Å². The highest BCUT2D eigenvalue weighted by Crippen LogP contribution is 2.14. The van der Waals surface area contributed by atoms with Crippen molar-refractivity contribution in [3.63, 3.8) is 0 Å². The average Bonchev–Trinajstić information content (AvgIpc) is 2.98. The summed E-state index contributed by atoms with van der Waals surface area (Å²) in [7, 11) is 0. The Morgan fingerprint density at radius 1 is 0.409 bits per heavy atom. The lowest BCUT2D eigenvalue weighted by atomic mass is 10.0. The van der Waals surface area contributed by atoms with Crippen LogP contribution in [0.15, 0.2) is 0 Å². The second-order valence-electron chi connectivity index (χ2n) is 14.0. The summed E-state index contributed by atoms with van der Waals surface area (Å²) in [6.45, 7) is 14.4. The fourth-order valence-corrected chi connectivity index (χ4v) is 5.49. The molecular weight excluding hydrogens is 544 g/mol. The fourth-order valence-electron chi connectivity index (χ4n) is 5.49. The molecule has 0 fully saturated rings. The standard InChI is InChI=1S/C25H50O2.C15H30O2/c1-4-5-6-7-8-9-10-14-17-20-23-27-25(26)22-19-16-13-11-12-15-18-21-24(2)3;1-4-17-15(16)13-11-9-7-5-6-8-10-12-14(2)3/h24H,4-23H2,1-3H3;14H,4-13H2,1-3H3. The average molecular weight is 625 g/mol. The molecule has 0 atom stereocenters. The van der Waals surface area contributed by atoms with Crippen molar-refractivity contribution in [1.82, 2.24) is 0 Å². The van der Waals surface area contributed by atoms with Crippen LogP contribution in [0.2, 0.25) is 0 Å². The summed E-state index contributed by atoms with van der Waals surface area (Å²) < 4.78 is 10.2. The number of unbranched alkanes of at least 4 members (excludes halogenated alkanes) is 21. The van der Waals surface area contributed by atoms with Gasteiger partial charge < -0.3 is 9.47 Å². The SMILES string of the molecule is CCCCCCCCCCCCOC(=O)CCCCCCCCCC(C)C.CCOC(=O)CCCCCCCCCC(C)C. The molecule has 0 saturated carbocycles. The van der Waals surface area contributed by atoms with Gasteiger partial charge in [-0.25, -0.2) is 0 Å². The first kappa shape index (κ1) is 45.1. The van der Waals surface area contributed by atoms with Gasteiger partial charge in [-0.3, -0.25) is 9.59 Å². The lowest BCUT2D eigenvalue weighted by Gasteiger charge is -2.06. The molecule has 0 unspecified atom stereocenters. The van der Waals surface area contributed by atoms with E-state index >= 15 is 0 Å². The van der Waals surface area contributed by atoms with Crippen LogP contribution in [0.5, 0.6) is 0 Å². The van der Waals surface area contributed by atoms with Crippen LogP contribution in [-0.4, -0.2) is 25.2 Å². The van der Waals surface area contributed by atoms with Crippen molar-refractivity contribution in [3.8, 4) is 0 Å². The van der Waals surface area contributed by atoms with E-state index in [1.54, 1.807) is 0 Å². The van der Waals surface area contributed by atoms with E-state index in [1.807, 2.05) is 6.92 Å². The summed E-state index contributed by atoms with van der Waals surface area (Å²) in [5.74, 6) is 1.67. The first-order valence-corrected chi connectivity index (χ1v) is 19.6. The third-order valence-electron chi connectivity index (χ3n) is 8.39. The Kier molecular flexibility index (Phi) is 39.0. The van der Waals surface area contributed by atoms with Crippen LogP contribution in [0.4, 0.5) is 0 Å². The maximum absolute atomic E-state index is 11.7. The third kappa shape index (κ3) is 43.1. The van der Waals surface area contributed by atoms with Crippen molar-refractivity contribution in [2.24, 2.45) is 11.8 Å². The van der Waals surface area contributed by atoms with Crippen LogP contribution < -0.4 is 0 Å². The van der Waals surface area contributed by atoms with Gasteiger partial charge in [0.25, 0.3) is 0 Å². The fraction of sp³-hybridized carbons (Fsp3) is 0.950. The molecule has 4 nitrogen and oxygen atoms in total. The third-order valence-corrected chi connectivity index (χ3v) is 8.39. The van der Waals surface area contributed by atoms with E-state index in [9.17, 15) is 9.59 Å². The van der Waals surface area contributed by atoms with Gasteiger partial charge in [0.15, 0.2) is 0 Å². The van der Waals surface area contributed by atoms with Crippen molar-refractivity contribution < 1.29 is 19.1 Å². The maximum atomic E-state index is 11.7. The van der Waals surface area contributed by atoms with Crippen molar-refractivity contribution in [2.75, 3.05) is 13.2 Å². The summed E-state index contributed by atoms with van der Waals surface area (Å²) in [6.07, 6.45) is 34.9. The minimum absolute atomic E-state index is 0.0165. The molecule has 0 aromatic rings. The number of rotatable bonds is 32. The van der Waals surface area contributed by atoms with Gasteiger partial charge in [-0.1, -0.05) is 182 Å². The van der Waals surface area contributed by atoms with E-state index in [-0.39, 0.29) is 11.9 Å². The molecule has 0 spiro atoms. The van der Waals surface area contributed by atoms with Gasteiger partial charge in [0.2, 0.25) is 0 Å². The Bertz CT molecular complexity index is 572. The molecule has 0 saturated heterocycles. The highest BCUT2D eigenvalue weighted by molar-refractivity contribution is 5.69. The molecule has 0 aliphatic rings. The van der Waals surface area contributed by atoms with Gasteiger partial charge in [-0.2, -0.15) is 0 Å². The Hall–Kier alpha value is -1.06. The van der Waals surface area contributed by atoms with E-state index < -0.39 is 0 Å². The van der Waals surface area contributed by atoms with Crippen LogP contribution in [-0.2, 0) is 19.1 Å². The summed E-state index contributed by atoms with van der Waals surface area (Å²) in [5, 5.41) is 0. The van der Waals surface area contributed by atoms with Crippen LogP contribution in [0.25, 0.3) is 0 Å². The van der Waals surface area contributed by atoms with Crippen LogP contribution in [0.1, 0.15) is 221 Å². The number of hydrogen-bond acceptors (Lipinski definition) is 4. The molecule has 0 aromatic carbocycles. The summed E-state index contributed by atoms with van der Waals surface area (Å²) in [5.41, 5.74) is 0. The zero-order valence-electron chi connectivity index (χ0n) is 31.0. The molecule has 0 aromatic heterocycles. The number of ether oxygens (including phenoxy) is 2. The Morgan fingerprint density at radius 2 is 0.727 bits per heavy atom. The molecule has 0 N–H and O–H groups in total. The van der Waals surface area contributed by atoms with Crippen LogP contribution >= 0.6 is 0 Å². The summed E-state index contributed by atoms with van der Waals surface area (Å²) in [4.78, 5) is 22.8. The molecule has 0 bridgehead atoms. The molecule has 0 amide bonds. The maximum Gasteiger partial charge on any atom is 0.305 e. The number of carbonyl (C=O) groups is 2. The predicted molar refractivity (Wildman–Crippen MR) is 192 cm³/mol. The molecule has 0 rings (SSSR count). The largest absolute Gasteiger partial charge is 0.466 e. The van der Waals surface area contributed by atoms with Gasteiger partial charge in [-0.15, -0.1) is 0 Å². The van der Waals surface area contributed by atoms with Crippen molar-refractivity contribution in [3.05, 3.63) is 0 Å². The molecule has 0 heterocycles. The predicted octanol–water partition coefficient (Wildman–Crippen LogP) is 13.3. The first-order chi connectivity index (χ1) is 21.3. The highest BCUT2D eigenvalue weighted by Gasteiger charge is 2.03. The highest BCUT2D eigenvalue weighted by atomic mass is 16.5. The molecule has 264 valence electrons. The second kappa shape index (κ2) is 38.1. The van der Waals surface area contributed by atoms with Gasteiger partial charge in [-0.05, 0) is 38.0 Å². The zero-order chi connectivity index (χ0) is 32.9. The number of esters is 2. The number of hydrogen-bond donors (Lipinski definition) is 0. The van der Waals surface area contributed by atoms with Crippen molar-refractivity contribution >= 4 is 11.9 Å². The smallest absolute Gasteiger partial charge is 0.305 e. The lowest BCUT2D eigenvalue weighted by molar-refractivity contribution is -0.144. The number of carbonyl (C=O) groups excluding carboxylic acids is 2. The first-order valence-electron chi connectivity index (χ1n) is 19.6. The van der Waals surface area contributed by atoms with Crippen molar-refractivity contribution in [2.45, 2.75) is 221 Å². The molecule has 44 heavy (non-hydrogen) atoms. The molecular formula is C40H80O4. The second-order valence-corrected chi connectivity index (χ2v) is 14.0. The van der Waals surface area contributed by atoms with E-state index in [4.69, 9.17) is 9.47 Å². The van der Waals surface area contributed by atoms with E-state index in [2.05, 4.69) is 34.6 Å². The van der Waals surface area contributed by atoms with Crippen LogP contribution in [0, 0.1) is 11.8 Å². The topological polar surface area (TPSA) is 52.6 Å². The zero-order valence-corrected chi connectivity index (χ0v) is 31.0. The van der Waals surface area contributed by atoms with E-state index in [0.717, 1.165) is 31.1 Å².